The van der Waals surface area contributed by atoms with Crippen LogP contribution >= 0.6 is 11.8 Å². The number of carboxylic acids is 1. The maximum Gasteiger partial charge on any atom is 0.321 e. The van der Waals surface area contributed by atoms with Gasteiger partial charge in [-0.05, 0) is 13.0 Å². The molecule has 92 valence electrons. The predicted molar refractivity (Wildman–Crippen MR) is 63.6 cm³/mol. The molecular formula is C10H18N2O3S. The lowest BCUT2D eigenvalue weighted by Gasteiger charge is -2.32. The number of carbonyl (C=O) groups excluding carboxylic acids is 1. The van der Waals surface area contributed by atoms with Crippen molar-refractivity contribution in [2.75, 3.05) is 31.6 Å². The highest BCUT2D eigenvalue weighted by atomic mass is 32.2. The van der Waals surface area contributed by atoms with Gasteiger partial charge in [0.15, 0.2) is 0 Å². The lowest BCUT2D eigenvalue weighted by molar-refractivity contribution is -0.142. The fourth-order valence-electron chi connectivity index (χ4n) is 1.70. The number of aliphatic carboxylic acids is 1. The van der Waals surface area contributed by atoms with Crippen LogP contribution in [0.2, 0.25) is 0 Å². The molecule has 0 spiro atoms. The second-order valence-corrected chi connectivity index (χ2v) is 4.89. The zero-order valence-electron chi connectivity index (χ0n) is 9.44. The summed E-state index contributed by atoms with van der Waals surface area (Å²) in [6.07, 6.45) is 1.18. The minimum absolute atomic E-state index is 0.0123. The molecule has 0 radical (unpaired) electrons. The van der Waals surface area contributed by atoms with E-state index < -0.39 is 5.97 Å². The summed E-state index contributed by atoms with van der Waals surface area (Å²) in [5, 5.41) is 11.6. The van der Waals surface area contributed by atoms with Gasteiger partial charge in [0.2, 0.25) is 5.91 Å². The molecule has 1 aliphatic heterocycles. The van der Waals surface area contributed by atoms with Crippen LogP contribution < -0.4 is 5.32 Å². The first-order chi connectivity index (χ1) is 7.65. The van der Waals surface area contributed by atoms with E-state index in [1.54, 1.807) is 18.8 Å². The van der Waals surface area contributed by atoms with Gasteiger partial charge in [-0.3, -0.25) is 14.5 Å². The quantitative estimate of drug-likeness (QED) is 0.715. The van der Waals surface area contributed by atoms with Gasteiger partial charge in [0, 0.05) is 31.5 Å². The van der Waals surface area contributed by atoms with Gasteiger partial charge in [-0.25, -0.2) is 0 Å². The number of nitrogens with zero attached hydrogens (tertiary/aromatic N) is 1. The average molecular weight is 246 g/mol. The summed E-state index contributed by atoms with van der Waals surface area (Å²) < 4.78 is 0. The molecule has 0 saturated carbocycles. The summed E-state index contributed by atoms with van der Waals surface area (Å²) in [7, 11) is 1.61. The number of hydrogen-bond donors (Lipinski definition) is 2. The molecule has 1 fully saturated rings. The molecule has 0 aliphatic carbocycles. The third kappa shape index (κ3) is 4.02. The monoisotopic (exact) mass is 246 g/mol. The van der Waals surface area contributed by atoms with E-state index in [0.717, 1.165) is 12.3 Å². The van der Waals surface area contributed by atoms with E-state index in [1.807, 2.05) is 4.90 Å². The molecule has 0 aromatic carbocycles. The third-order valence-electron chi connectivity index (χ3n) is 2.65. The first-order valence-electron chi connectivity index (χ1n) is 5.40. The Labute approximate surface area is 99.6 Å². The molecule has 5 nitrogen and oxygen atoms in total. The molecule has 6 heteroatoms. The van der Waals surface area contributed by atoms with Crippen molar-refractivity contribution in [3.63, 3.8) is 0 Å². The van der Waals surface area contributed by atoms with Gasteiger partial charge in [-0.1, -0.05) is 0 Å². The third-order valence-corrected chi connectivity index (χ3v) is 3.68. The van der Waals surface area contributed by atoms with Crippen LogP contribution in [0.15, 0.2) is 0 Å². The maximum absolute atomic E-state index is 11.0. The number of amides is 1. The van der Waals surface area contributed by atoms with E-state index >= 15 is 0 Å². The van der Waals surface area contributed by atoms with Gasteiger partial charge in [0.05, 0.1) is 0 Å². The van der Waals surface area contributed by atoms with Crippen LogP contribution in [0.4, 0.5) is 0 Å². The predicted octanol–water partition coefficient (Wildman–Crippen LogP) is 0.0146. The largest absolute Gasteiger partial charge is 0.480 e. The van der Waals surface area contributed by atoms with Gasteiger partial charge in [0.25, 0.3) is 0 Å². The second-order valence-electron chi connectivity index (χ2n) is 3.74. The normalized spacial score (nSPS) is 21.7. The van der Waals surface area contributed by atoms with Crippen LogP contribution in [-0.4, -0.2) is 59.6 Å². The van der Waals surface area contributed by atoms with Gasteiger partial charge in [-0.15, -0.1) is 0 Å². The number of carboxylic acid groups (broad SMARTS) is 1. The van der Waals surface area contributed by atoms with Gasteiger partial charge in [-0.2, -0.15) is 11.8 Å². The molecule has 1 unspecified atom stereocenters. The summed E-state index contributed by atoms with van der Waals surface area (Å²) in [6, 6.07) is -0.386. The van der Waals surface area contributed by atoms with Crippen LogP contribution in [0.3, 0.4) is 0 Å². The standard InChI is InChI=1S/C10H18N2O3S/c1-11-9(13)3-2-4-12-5-6-16-7-8(12)10(14)15/h8H,2-7H2,1H3,(H,11,13)(H,14,15). The van der Waals surface area contributed by atoms with Gasteiger partial charge >= 0.3 is 5.97 Å². The summed E-state index contributed by atoms with van der Waals surface area (Å²) in [5.74, 6) is 0.879. The highest BCUT2D eigenvalue weighted by Crippen LogP contribution is 2.17. The highest BCUT2D eigenvalue weighted by Gasteiger charge is 2.28. The molecule has 2 N–H and O–H groups in total. The van der Waals surface area contributed by atoms with E-state index in [2.05, 4.69) is 5.32 Å². The molecule has 1 saturated heterocycles. The minimum Gasteiger partial charge on any atom is -0.480 e. The molecular weight excluding hydrogens is 228 g/mol. The fraction of sp³-hybridized carbons (Fsp3) is 0.800. The average Bonchev–Trinajstić information content (AvgIpc) is 2.29. The van der Waals surface area contributed by atoms with Crippen molar-refractivity contribution in [1.82, 2.24) is 10.2 Å². The van der Waals surface area contributed by atoms with Gasteiger partial charge < -0.3 is 10.4 Å². The first kappa shape index (κ1) is 13.3. The zero-order valence-corrected chi connectivity index (χ0v) is 10.3. The topological polar surface area (TPSA) is 69.6 Å². The zero-order chi connectivity index (χ0) is 12.0. The summed E-state index contributed by atoms with van der Waals surface area (Å²) in [4.78, 5) is 24.0. The Morgan fingerprint density at radius 2 is 2.31 bits per heavy atom. The molecule has 1 heterocycles. The molecule has 0 aromatic rings. The Morgan fingerprint density at radius 1 is 1.56 bits per heavy atom. The van der Waals surface area contributed by atoms with E-state index in [4.69, 9.17) is 5.11 Å². The van der Waals surface area contributed by atoms with Crippen molar-refractivity contribution < 1.29 is 14.7 Å². The van der Waals surface area contributed by atoms with Crippen LogP contribution in [0.1, 0.15) is 12.8 Å². The van der Waals surface area contributed by atoms with Gasteiger partial charge in [0.1, 0.15) is 6.04 Å². The van der Waals surface area contributed by atoms with Crippen molar-refractivity contribution in [2.24, 2.45) is 0 Å². The minimum atomic E-state index is -0.757. The van der Waals surface area contributed by atoms with Crippen molar-refractivity contribution in [3.8, 4) is 0 Å². The molecule has 1 rings (SSSR count). The van der Waals surface area contributed by atoms with E-state index in [1.165, 1.54) is 0 Å². The summed E-state index contributed by atoms with van der Waals surface area (Å²) in [6.45, 7) is 1.49. The Kier molecular flexibility index (Phi) is 5.62. The Balaban J connectivity index is 2.32. The smallest absolute Gasteiger partial charge is 0.321 e. The highest BCUT2D eigenvalue weighted by molar-refractivity contribution is 7.99. The molecule has 1 aliphatic rings. The Bertz CT molecular complexity index is 260. The van der Waals surface area contributed by atoms with E-state index in [0.29, 0.717) is 25.1 Å². The number of rotatable bonds is 5. The van der Waals surface area contributed by atoms with Crippen molar-refractivity contribution in [3.05, 3.63) is 0 Å². The SMILES string of the molecule is CNC(=O)CCCN1CCSCC1C(=O)O. The Morgan fingerprint density at radius 3 is 2.94 bits per heavy atom. The van der Waals surface area contributed by atoms with Crippen LogP contribution in [0.25, 0.3) is 0 Å². The molecule has 1 atom stereocenters. The lowest BCUT2D eigenvalue weighted by Crippen LogP contribution is -2.47. The molecule has 0 aromatic heterocycles. The van der Waals surface area contributed by atoms with E-state index in [9.17, 15) is 9.59 Å². The summed E-state index contributed by atoms with van der Waals surface area (Å²) >= 11 is 1.68. The summed E-state index contributed by atoms with van der Waals surface area (Å²) in [5.41, 5.74) is 0. The number of carbonyl (C=O) groups is 2. The fourth-order valence-corrected chi connectivity index (χ4v) is 2.81. The van der Waals surface area contributed by atoms with Crippen molar-refractivity contribution in [1.29, 1.82) is 0 Å². The van der Waals surface area contributed by atoms with Crippen LogP contribution in [-0.2, 0) is 9.59 Å². The number of nitrogens with one attached hydrogen (secondary N) is 1. The Hall–Kier alpha value is -0.750. The van der Waals surface area contributed by atoms with Crippen molar-refractivity contribution in [2.45, 2.75) is 18.9 Å². The molecule has 1 amide bonds. The number of thioether (sulfide) groups is 1. The molecule has 0 bridgehead atoms. The lowest BCUT2D eigenvalue weighted by atomic mass is 10.2. The van der Waals surface area contributed by atoms with Crippen LogP contribution in [0.5, 0.6) is 0 Å². The van der Waals surface area contributed by atoms with Crippen LogP contribution in [0, 0.1) is 0 Å². The first-order valence-corrected chi connectivity index (χ1v) is 6.56. The second kappa shape index (κ2) is 6.75. The molecule has 16 heavy (non-hydrogen) atoms. The number of hydrogen-bond acceptors (Lipinski definition) is 4. The van der Waals surface area contributed by atoms with E-state index in [-0.39, 0.29) is 11.9 Å². The van der Waals surface area contributed by atoms with Crippen molar-refractivity contribution >= 4 is 23.6 Å². The maximum atomic E-state index is 11.0.